The first-order chi connectivity index (χ1) is 15.2. The molecule has 172 valence electrons. The van der Waals surface area contributed by atoms with Crippen molar-refractivity contribution in [1.29, 1.82) is 0 Å². The first kappa shape index (κ1) is 23.9. The number of anilines is 1. The summed E-state index contributed by atoms with van der Waals surface area (Å²) in [5, 5.41) is 5.15. The van der Waals surface area contributed by atoms with E-state index in [0.29, 0.717) is 30.6 Å². The van der Waals surface area contributed by atoms with Gasteiger partial charge in [-0.3, -0.25) is 9.59 Å². The van der Waals surface area contributed by atoms with Gasteiger partial charge in [-0.05, 0) is 68.5 Å². The molecule has 1 saturated heterocycles. The van der Waals surface area contributed by atoms with Gasteiger partial charge in [0.05, 0.1) is 4.90 Å². The molecule has 9 heteroatoms. The number of halogens is 1. The van der Waals surface area contributed by atoms with Crippen molar-refractivity contribution in [2.75, 3.05) is 18.4 Å². The number of hydrogen-bond donors (Lipinski definition) is 2. The Morgan fingerprint density at radius 1 is 1.06 bits per heavy atom. The topological polar surface area (TPSA) is 95.6 Å². The summed E-state index contributed by atoms with van der Waals surface area (Å²) in [6.07, 6.45) is 2.65. The Kier molecular flexibility index (Phi) is 7.63. The molecule has 1 atom stereocenters. The number of sulfonamides is 1. The zero-order valence-electron chi connectivity index (χ0n) is 18.2. The summed E-state index contributed by atoms with van der Waals surface area (Å²) in [5.74, 6) is -2.02. The van der Waals surface area contributed by atoms with Crippen molar-refractivity contribution in [3.05, 3.63) is 59.4 Å². The number of carbonyl (C=O) groups excluding carboxylic acids is 2. The lowest BCUT2D eigenvalue weighted by atomic mass is 10.0. The Labute approximate surface area is 188 Å². The van der Waals surface area contributed by atoms with E-state index in [-0.39, 0.29) is 17.5 Å². The van der Waals surface area contributed by atoms with E-state index in [2.05, 4.69) is 10.6 Å². The van der Waals surface area contributed by atoms with E-state index in [0.717, 1.165) is 24.5 Å². The largest absolute Gasteiger partial charge is 0.348 e. The Morgan fingerprint density at radius 2 is 1.81 bits per heavy atom. The molecular weight excluding hydrogens is 433 g/mol. The molecule has 0 spiro atoms. The third-order valence-corrected chi connectivity index (χ3v) is 7.77. The zero-order valence-corrected chi connectivity index (χ0v) is 19.0. The molecule has 2 N–H and O–H groups in total. The number of benzene rings is 2. The highest BCUT2D eigenvalue weighted by atomic mass is 32.2. The Bertz CT molecular complexity index is 1100. The van der Waals surface area contributed by atoms with Gasteiger partial charge in [0.2, 0.25) is 10.0 Å². The standard InChI is InChI=1S/C23H28FN3O4S/c1-16-7-3-4-9-20(16)26-23(29)22(28)25-13-12-19-8-5-6-14-27(19)32(30,31)21-11-10-18(24)15-17(21)2/h3-4,7,9-11,15,19H,5-6,8,12-14H2,1-2H3,(H,25,28)(H,26,29)/t19-/m1/s1. The minimum atomic E-state index is -3.80. The molecule has 32 heavy (non-hydrogen) atoms. The van der Waals surface area contributed by atoms with Crippen molar-refractivity contribution in [1.82, 2.24) is 9.62 Å². The van der Waals surface area contributed by atoms with Crippen molar-refractivity contribution in [2.45, 2.75) is 50.5 Å². The van der Waals surface area contributed by atoms with E-state index >= 15 is 0 Å². The van der Waals surface area contributed by atoms with E-state index in [4.69, 9.17) is 0 Å². The molecule has 2 aromatic rings. The molecular formula is C23H28FN3O4S. The third kappa shape index (κ3) is 5.52. The smallest absolute Gasteiger partial charge is 0.313 e. The second kappa shape index (κ2) is 10.2. The van der Waals surface area contributed by atoms with E-state index in [1.807, 2.05) is 19.1 Å². The van der Waals surface area contributed by atoms with Crippen LogP contribution >= 0.6 is 0 Å². The molecule has 2 amide bonds. The second-order valence-electron chi connectivity index (χ2n) is 7.99. The molecule has 0 unspecified atom stereocenters. The molecule has 1 fully saturated rings. The molecule has 3 rings (SSSR count). The van der Waals surface area contributed by atoms with Crippen molar-refractivity contribution < 1.29 is 22.4 Å². The maximum atomic E-state index is 13.4. The first-order valence-corrected chi connectivity index (χ1v) is 12.1. The quantitative estimate of drug-likeness (QED) is 0.646. The van der Waals surface area contributed by atoms with Gasteiger partial charge in [0.15, 0.2) is 0 Å². The van der Waals surface area contributed by atoms with Crippen LogP contribution in [0.4, 0.5) is 10.1 Å². The van der Waals surface area contributed by atoms with Gasteiger partial charge in [0, 0.05) is 24.8 Å². The summed E-state index contributed by atoms with van der Waals surface area (Å²) >= 11 is 0. The van der Waals surface area contributed by atoms with Gasteiger partial charge in [-0.15, -0.1) is 0 Å². The highest BCUT2D eigenvalue weighted by molar-refractivity contribution is 7.89. The van der Waals surface area contributed by atoms with Gasteiger partial charge in [0.1, 0.15) is 5.82 Å². The van der Waals surface area contributed by atoms with Crippen molar-refractivity contribution in [3.8, 4) is 0 Å². The highest BCUT2D eigenvalue weighted by Gasteiger charge is 2.34. The second-order valence-corrected chi connectivity index (χ2v) is 9.85. The van der Waals surface area contributed by atoms with Crippen LogP contribution < -0.4 is 10.6 Å². The van der Waals surface area contributed by atoms with E-state index in [9.17, 15) is 22.4 Å². The van der Waals surface area contributed by atoms with Crippen molar-refractivity contribution in [3.63, 3.8) is 0 Å². The molecule has 0 aliphatic carbocycles. The van der Waals surface area contributed by atoms with Crippen LogP contribution in [-0.4, -0.2) is 43.7 Å². The summed E-state index contributed by atoms with van der Waals surface area (Å²) < 4.78 is 41.3. The van der Waals surface area contributed by atoms with Gasteiger partial charge in [-0.25, -0.2) is 12.8 Å². The number of amides is 2. The van der Waals surface area contributed by atoms with Gasteiger partial charge in [-0.1, -0.05) is 24.6 Å². The molecule has 0 aromatic heterocycles. The van der Waals surface area contributed by atoms with Crippen LogP contribution in [0, 0.1) is 19.7 Å². The number of aryl methyl sites for hydroxylation is 2. The molecule has 1 heterocycles. The zero-order chi connectivity index (χ0) is 23.3. The Hall–Kier alpha value is -2.78. The average Bonchev–Trinajstić information content (AvgIpc) is 2.75. The fourth-order valence-electron chi connectivity index (χ4n) is 3.93. The number of nitrogens with zero attached hydrogens (tertiary/aromatic N) is 1. The molecule has 7 nitrogen and oxygen atoms in total. The summed E-state index contributed by atoms with van der Waals surface area (Å²) in [7, 11) is -3.80. The van der Waals surface area contributed by atoms with Crippen LogP contribution in [0.2, 0.25) is 0 Å². The highest BCUT2D eigenvalue weighted by Crippen LogP contribution is 2.28. The SMILES string of the molecule is Cc1ccccc1NC(=O)C(=O)NCC[C@H]1CCCCN1S(=O)(=O)c1ccc(F)cc1C. The van der Waals surface area contributed by atoms with Crippen LogP contribution in [-0.2, 0) is 19.6 Å². The molecule has 2 aromatic carbocycles. The molecule has 0 bridgehead atoms. The summed E-state index contributed by atoms with van der Waals surface area (Å²) in [4.78, 5) is 24.4. The summed E-state index contributed by atoms with van der Waals surface area (Å²) in [6, 6.07) is 10.5. The molecule has 0 saturated carbocycles. The minimum Gasteiger partial charge on any atom is -0.348 e. The van der Waals surface area contributed by atoms with Gasteiger partial charge in [0.25, 0.3) is 0 Å². The number of carbonyl (C=O) groups is 2. The normalized spacial score (nSPS) is 17.0. The maximum absolute atomic E-state index is 13.4. The Balaban J connectivity index is 1.61. The van der Waals surface area contributed by atoms with E-state index in [1.54, 1.807) is 19.1 Å². The number of piperidine rings is 1. The number of para-hydroxylation sites is 1. The number of hydrogen-bond acceptors (Lipinski definition) is 4. The number of rotatable bonds is 6. The van der Waals surface area contributed by atoms with E-state index < -0.39 is 27.7 Å². The molecule has 1 aliphatic rings. The monoisotopic (exact) mass is 461 g/mol. The number of nitrogens with one attached hydrogen (secondary N) is 2. The van der Waals surface area contributed by atoms with Gasteiger partial charge in [-0.2, -0.15) is 4.31 Å². The lowest BCUT2D eigenvalue weighted by Gasteiger charge is -2.35. The summed E-state index contributed by atoms with van der Waals surface area (Å²) in [5.41, 5.74) is 1.76. The Morgan fingerprint density at radius 3 is 2.53 bits per heavy atom. The maximum Gasteiger partial charge on any atom is 0.313 e. The first-order valence-electron chi connectivity index (χ1n) is 10.6. The summed E-state index contributed by atoms with van der Waals surface area (Å²) in [6.45, 7) is 3.93. The van der Waals surface area contributed by atoms with Crippen molar-refractivity contribution in [2.24, 2.45) is 0 Å². The lowest BCUT2D eigenvalue weighted by Crippen LogP contribution is -2.46. The molecule has 0 radical (unpaired) electrons. The van der Waals surface area contributed by atoms with Gasteiger partial charge >= 0.3 is 11.8 Å². The average molecular weight is 462 g/mol. The molecule has 1 aliphatic heterocycles. The fourth-order valence-corrected chi connectivity index (χ4v) is 5.86. The van der Waals surface area contributed by atoms with Crippen LogP contribution in [0.25, 0.3) is 0 Å². The lowest BCUT2D eigenvalue weighted by molar-refractivity contribution is -0.136. The third-order valence-electron chi connectivity index (χ3n) is 5.66. The van der Waals surface area contributed by atoms with Crippen LogP contribution in [0.3, 0.4) is 0 Å². The predicted octanol–water partition coefficient (Wildman–Crippen LogP) is 3.13. The minimum absolute atomic E-state index is 0.0902. The van der Waals surface area contributed by atoms with Crippen LogP contribution in [0.5, 0.6) is 0 Å². The predicted molar refractivity (Wildman–Crippen MR) is 120 cm³/mol. The van der Waals surface area contributed by atoms with E-state index in [1.165, 1.54) is 16.4 Å². The van der Waals surface area contributed by atoms with Gasteiger partial charge < -0.3 is 10.6 Å². The fraction of sp³-hybridized carbons (Fsp3) is 0.391. The van der Waals surface area contributed by atoms with Crippen LogP contribution in [0.1, 0.15) is 36.8 Å². The van der Waals surface area contributed by atoms with Crippen molar-refractivity contribution >= 4 is 27.5 Å². The van der Waals surface area contributed by atoms with Crippen LogP contribution in [0.15, 0.2) is 47.4 Å².